The first kappa shape index (κ1) is 16.4. The molecule has 3 fully saturated rings. The van der Waals surface area contributed by atoms with Gasteiger partial charge in [0, 0.05) is 44.9 Å². The molecule has 1 atom stereocenters. The zero-order valence-electron chi connectivity index (χ0n) is 13.9. The van der Waals surface area contributed by atoms with Crippen LogP contribution >= 0.6 is 11.8 Å². The summed E-state index contributed by atoms with van der Waals surface area (Å²) in [6.07, 6.45) is 5.32. The lowest BCUT2D eigenvalue weighted by Crippen LogP contribution is -2.60. The largest absolute Gasteiger partial charge is 0.381 e. The molecule has 0 aliphatic carbocycles. The van der Waals surface area contributed by atoms with Crippen molar-refractivity contribution in [2.24, 2.45) is 5.92 Å². The summed E-state index contributed by atoms with van der Waals surface area (Å²) >= 11 is 1.98. The predicted octanol–water partition coefficient (Wildman–Crippen LogP) is 2.22. The SMILES string of the molecule is O=C(c1ccccn1)N1CC2(C[C@@H](OCC3CCOCC3)CS2)C1. The molecule has 0 unspecified atom stereocenters. The van der Waals surface area contributed by atoms with Crippen LogP contribution in [0.4, 0.5) is 0 Å². The van der Waals surface area contributed by atoms with Crippen LogP contribution in [0.15, 0.2) is 24.4 Å². The van der Waals surface area contributed by atoms with Gasteiger partial charge < -0.3 is 14.4 Å². The van der Waals surface area contributed by atoms with Crippen LogP contribution in [0.2, 0.25) is 0 Å². The highest BCUT2D eigenvalue weighted by molar-refractivity contribution is 8.01. The standard InChI is InChI=1S/C18H24N2O3S/c21-17(16-3-1-2-6-19-16)20-12-18(13-20)9-15(11-24-18)23-10-14-4-7-22-8-5-14/h1-3,6,14-15H,4-5,7-13H2/t15-/m1/s1. The second-order valence-corrected chi connectivity index (χ2v) is 8.57. The fourth-order valence-electron chi connectivity index (χ4n) is 3.76. The Bertz CT molecular complexity index is 571. The topological polar surface area (TPSA) is 51.7 Å². The Kier molecular flexibility index (Phi) is 4.79. The molecule has 0 radical (unpaired) electrons. The molecule has 24 heavy (non-hydrogen) atoms. The molecule has 4 heterocycles. The van der Waals surface area contributed by atoms with Gasteiger partial charge in [0.25, 0.3) is 5.91 Å². The number of carbonyl (C=O) groups excluding carboxylic acids is 1. The molecule has 6 heteroatoms. The maximum Gasteiger partial charge on any atom is 0.272 e. The number of rotatable bonds is 4. The molecule has 130 valence electrons. The van der Waals surface area contributed by atoms with Crippen molar-refractivity contribution in [3.63, 3.8) is 0 Å². The van der Waals surface area contributed by atoms with Crippen LogP contribution in [0.25, 0.3) is 0 Å². The lowest BCUT2D eigenvalue weighted by molar-refractivity contribution is -0.0119. The van der Waals surface area contributed by atoms with E-state index in [0.29, 0.717) is 17.7 Å². The van der Waals surface area contributed by atoms with Gasteiger partial charge in [-0.05, 0) is 37.3 Å². The normalized spacial score (nSPS) is 26.5. The molecule has 1 amide bonds. The van der Waals surface area contributed by atoms with Crippen molar-refractivity contribution in [2.45, 2.75) is 30.1 Å². The van der Waals surface area contributed by atoms with Gasteiger partial charge in [-0.15, -0.1) is 11.8 Å². The van der Waals surface area contributed by atoms with Crippen LogP contribution in [0, 0.1) is 5.92 Å². The van der Waals surface area contributed by atoms with Gasteiger partial charge in [0.1, 0.15) is 5.69 Å². The number of aromatic nitrogens is 1. The molecule has 1 aromatic heterocycles. The Morgan fingerprint density at radius 3 is 2.96 bits per heavy atom. The number of nitrogens with zero attached hydrogens (tertiary/aromatic N) is 2. The van der Waals surface area contributed by atoms with Crippen molar-refractivity contribution in [2.75, 3.05) is 38.7 Å². The molecule has 1 aromatic rings. The average molecular weight is 348 g/mol. The average Bonchev–Trinajstić information content (AvgIpc) is 3.04. The molecule has 0 aromatic carbocycles. The van der Waals surface area contributed by atoms with Crippen LogP contribution in [-0.2, 0) is 9.47 Å². The van der Waals surface area contributed by atoms with E-state index in [9.17, 15) is 4.79 Å². The minimum absolute atomic E-state index is 0.0494. The quantitative estimate of drug-likeness (QED) is 0.835. The minimum Gasteiger partial charge on any atom is -0.381 e. The highest BCUT2D eigenvalue weighted by Crippen LogP contribution is 2.46. The first-order valence-corrected chi connectivity index (χ1v) is 9.76. The summed E-state index contributed by atoms with van der Waals surface area (Å²) in [7, 11) is 0. The van der Waals surface area contributed by atoms with Gasteiger partial charge in [-0.25, -0.2) is 0 Å². The lowest BCUT2D eigenvalue weighted by atomic mass is 9.92. The van der Waals surface area contributed by atoms with Crippen molar-refractivity contribution in [1.82, 2.24) is 9.88 Å². The second kappa shape index (κ2) is 7.02. The third kappa shape index (κ3) is 3.46. The number of carbonyl (C=O) groups is 1. The zero-order chi connectivity index (χ0) is 16.4. The third-order valence-electron chi connectivity index (χ3n) is 5.21. The van der Waals surface area contributed by atoms with Gasteiger partial charge in [0.15, 0.2) is 0 Å². The predicted molar refractivity (Wildman–Crippen MR) is 93.2 cm³/mol. The molecule has 3 saturated heterocycles. The Balaban J connectivity index is 1.23. The van der Waals surface area contributed by atoms with Crippen molar-refractivity contribution >= 4 is 17.7 Å². The summed E-state index contributed by atoms with van der Waals surface area (Å²) in [5, 5.41) is 0. The smallest absolute Gasteiger partial charge is 0.272 e. The van der Waals surface area contributed by atoms with Crippen LogP contribution < -0.4 is 0 Å². The van der Waals surface area contributed by atoms with Crippen molar-refractivity contribution in [3.05, 3.63) is 30.1 Å². The summed E-state index contributed by atoms with van der Waals surface area (Å²) < 4.78 is 11.8. The van der Waals surface area contributed by atoms with Crippen molar-refractivity contribution < 1.29 is 14.3 Å². The highest BCUT2D eigenvalue weighted by atomic mass is 32.2. The maximum absolute atomic E-state index is 12.4. The summed E-state index contributed by atoms with van der Waals surface area (Å²) in [6, 6.07) is 5.48. The summed E-state index contributed by atoms with van der Waals surface area (Å²) in [6.45, 7) is 4.26. The van der Waals surface area contributed by atoms with Gasteiger partial charge in [0.05, 0.1) is 10.9 Å². The molecule has 3 aliphatic heterocycles. The number of thioether (sulfide) groups is 1. The van der Waals surface area contributed by atoms with Crippen molar-refractivity contribution in [1.29, 1.82) is 0 Å². The number of hydrogen-bond donors (Lipinski definition) is 0. The summed E-state index contributed by atoms with van der Waals surface area (Å²) in [5.41, 5.74) is 0.544. The summed E-state index contributed by atoms with van der Waals surface area (Å²) in [4.78, 5) is 18.5. The number of likely N-dealkylation sites (tertiary alicyclic amines) is 1. The highest BCUT2D eigenvalue weighted by Gasteiger charge is 2.51. The Morgan fingerprint density at radius 1 is 1.38 bits per heavy atom. The van der Waals surface area contributed by atoms with Crippen LogP contribution in [0.3, 0.4) is 0 Å². The number of amides is 1. The van der Waals surface area contributed by atoms with Gasteiger partial charge in [-0.1, -0.05) is 6.07 Å². The van der Waals surface area contributed by atoms with E-state index in [-0.39, 0.29) is 10.7 Å². The second-order valence-electron chi connectivity index (χ2n) is 7.09. The molecule has 3 aliphatic rings. The van der Waals surface area contributed by atoms with E-state index in [1.54, 1.807) is 12.3 Å². The molecule has 0 saturated carbocycles. The van der Waals surface area contributed by atoms with E-state index in [4.69, 9.17) is 9.47 Å². The first-order valence-electron chi connectivity index (χ1n) is 8.78. The lowest BCUT2D eigenvalue weighted by Gasteiger charge is -2.47. The first-order chi connectivity index (χ1) is 11.7. The van der Waals surface area contributed by atoms with Crippen molar-refractivity contribution in [3.8, 4) is 0 Å². The third-order valence-corrected chi connectivity index (χ3v) is 6.79. The Morgan fingerprint density at radius 2 is 2.21 bits per heavy atom. The summed E-state index contributed by atoms with van der Waals surface area (Å²) in [5.74, 6) is 1.76. The fourth-order valence-corrected chi connectivity index (χ4v) is 5.31. The molecule has 0 bridgehead atoms. The number of pyridine rings is 1. The van der Waals surface area contributed by atoms with Crippen LogP contribution in [-0.4, -0.2) is 65.3 Å². The van der Waals surface area contributed by atoms with Crippen LogP contribution in [0.5, 0.6) is 0 Å². The van der Waals surface area contributed by atoms with Gasteiger partial charge in [0.2, 0.25) is 0 Å². The monoisotopic (exact) mass is 348 g/mol. The molecule has 0 N–H and O–H groups in total. The van der Waals surface area contributed by atoms with E-state index in [0.717, 1.165) is 57.9 Å². The maximum atomic E-state index is 12.4. The van der Waals surface area contributed by atoms with Crippen LogP contribution in [0.1, 0.15) is 29.8 Å². The molecule has 1 spiro atoms. The van der Waals surface area contributed by atoms with E-state index >= 15 is 0 Å². The molecular formula is C18H24N2O3S. The van der Waals surface area contributed by atoms with E-state index in [1.165, 1.54) is 0 Å². The minimum atomic E-state index is 0.0494. The molecule has 4 rings (SSSR count). The number of hydrogen-bond acceptors (Lipinski definition) is 5. The molecule has 5 nitrogen and oxygen atoms in total. The molecular weight excluding hydrogens is 324 g/mol. The number of ether oxygens (including phenoxy) is 2. The Hall–Kier alpha value is -1.11. The van der Waals surface area contributed by atoms with Gasteiger partial charge in [-0.2, -0.15) is 0 Å². The van der Waals surface area contributed by atoms with Gasteiger partial charge >= 0.3 is 0 Å². The van der Waals surface area contributed by atoms with E-state index < -0.39 is 0 Å². The fraction of sp³-hybridized carbons (Fsp3) is 0.667. The van der Waals surface area contributed by atoms with Gasteiger partial charge in [-0.3, -0.25) is 9.78 Å². The Labute approximate surface area is 147 Å². The zero-order valence-corrected chi connectivity index (χ0v) is 14.7. The van der Waals surface area contributed by atoms with E-state index in [1.807, 2.05) is 28.8 Å². The van der Waals surface area contributed by atoms with E-state index in [2.05, 4.69) is 4.98 Å².